The van der Waals surface area contributed by atoms with E-state index in [1.54, 1.807) is 36.4 Å². The minimum atomic E-state index is -1.23. The molecule has 0 fully saturated rings. The molecule has 0 radical (unpaired) electrons. The minimum absolute atomic E-state index is 0.182. The number of hydrogen-bond donors (Lipinski definition) is 1. The predicted octanol–water partition coefficient (Wildman–Crippen LogP) is 4.79. The molecule has 0 bridgehead atoms. The van der Waals surface area contributed by atoms with Gasteiger partial charge in [-0.3, -0.25) is 14.4 Å². The van der Waals surface area contributed by atoms with Gasteiger partial charge in [-0.1, -0.05) is 53.5 Å². The summed E-state index contributed by atoms with van der Waals surface area (Å²) in [5.74, 6) is -3.80. The molecule has 0 amide bonds. The summed E-state index contributed by atoms with van der Waals surface area (Å²) >= 11 is 12.4. The molecule has 1 aliphatic rings. The second kappa shape index (κ2) is 7.17. The van der Waals surface area contributed by atoms with E-state index in [4.69, 9.17) is 27.6 Å². The van der Waals surface area contributed by atoms with Crippen molar-refractivity contribution in [3.05, 3.63) is 97.0 Å². The molecule has 146 valence electrons. The zero-order valence-electron chi connectivity index (χ0n) is 15.1. The number of hydrogen-bond acceptors (Lipinski definition) is 5. The summed E-state index contributed by atoms with van der Waals surface area (Å²) in [5.41, 5.74) is 0.244. The van der Waals surface area contributed by atoms with E-state index in [2.05, 4.69) is 0 Å². The molecule has 4 rings (SSSR count). The van der Waals surface area contributed by atoms with Crippen LogP contribution in [0.1, 0.15) is 43.7 Å². The maximum atomic E-state index is 13.2. The van der Waals surface area contributed by atoms with E-state index in [0.29, 0.717) is 10.6 Å². The van der Waals surface area contributed by atoms with Crippen molar-refractivity contribution < 1.29 is 19.1 Å². The normalized spacial score (nSPS) is 14.9. The third-order valence-electron chi connectivity index (χ3n) is 5.01. The fraction of sp³-hybridized carbons (Fsp3) is 0.136. The Bertz CT molecular complexity index is 1190. The Balaban J connectivity index is 2.00. The van der Waals surface area contributed by atoms with Gasteiger partial charge < -0.3 is 9.52 Å². The molecule has 3 aromatic rings. The van der Waals surface area contributed by atoms with Gasteiger partial charge in [-0.2, -0.15) is 0 Å². The Hall–Kier alpha value is -2.89. The van der Waals surface area contributed by atoms with Gasteiger partial charge in [0.25, 0.3) is 0 Å². The highest BCUT2D eigenvalue weighted by Gasteiger charge is 2.47. The van der Waals surface area contributed by atoms with Gasteiger partial charge in [-0.05, 0) is 24.6 Å². The first kappa shape index (κ1) is 19.4. The molecule has 5 nitrogen and oxygen atoms in total. The Morgan fingerprint density at radius 2 is 1.59 bits per heavy atom. The van der Waals surface area contributed by atoms with Gasteiger partial charge in [-0.15, -0.1) is 0 Å². The van der Waals surface area contributed by atoms with Crippen LogP contribution in [0.3, 0.4) is 0 Å². The second-order valence-electron chi connectivity index (χ2n) is 6.83. The first-order chi connectivity index (χ1) is 13.8. The smallest absolute Gasteiger partial charge is 0.227 e. The van der Waals surface area contributed by atoms with Crippen molar-refractivity contribution in [2.75, 3.05) is 0 Å². The first-order valence-corrected chi connectivity index (χ1v) is 9.51. The van der Waals surface area contributed by atoms with Crippen LogP contribution in [0, 0.1) is 12.8 Å². The average Bonchev–Trinajstić information content (AvgIpc) is 2.92. The van der Waals surface area contributed by atoms with E-state index in [-0.39, 0.29) is 27.7 Å². The van der Waals surface area contributed by atoms with Crippen LogP contribution in [-0.4, -0.2) is 16.7 Å². The van der Waals surface area contributed by atoms with Crippen LogP contribution in [-0.2, 0) is 0 Å². The Morgan fingerprint density at radius 3 is 2.17 bits per heavy atom. The van der Waals surface area contributed by atoms with Gasteiger partial charge in [0.05, 0.1) is 11.8 Å². The number of aromatic hydroxyl groups is 1. The molecule has 1 aromatic heterocycles. The maximum Gasteiger partial charge on any atom is 0.227 e. The number of carbonyl (C=O) groups is 2. The third-order valence-corrected chi connectivity index (χ3v) is 5.57. The van der Waals surface area contributed by atoms with Crippen LogP contribution in [0.4, 0.5) is 0 Å². The minimum Gasteiger partial charge on any atom is -0.502 e. The van der Waals surface area contributed by atoms with E-state index in [9.17, 15) is 19.5 Å². The summed E-state index contributed by atoms with van der Waals surface area (Å²) in [4.78, 5) is 38.5. The highest BCUT2D eigenvalue weighted by Crippen LogP contribution is 2.45. The SMILES string of the molecule is Cc1cc(=O)c(O)c(C(c2ccc(Cl)cc2Cl)C2C(=O)c3ccccc3C2=O)o1. The van der Waals surface area contributed by atoms with Crippen molar-refractivity contribution in [2.45, 2.75) is 12.8 Å². The summed E-state index contributed by atoms with van der Waals surface area (Å²) in [6, 6.07) is 12.2. The van der Waals surface area contributed by atoms with Crippen LogP contribution in [0.25, 0.3) is 0 Å². The van der Waals surface area contributed by atoms with E-state index >= 15 is 0 Å². The molecule has 1 atom stereocenters. The Kier molecular flexibility index (Phi) is 4.81. The number of Topliss-reactive ketones (excluding diaryl/α,β-unsaturated/α-hetero) is 2. The first-order valence-electron chi connectivity index (χ1n) is 8.75. The molecule has 1 heterocycles. The lowest BCUT2D eigenvalue weighted by molar-refractivity contribution is 0.0816. The standard InChI is InChI=1S/C22H14Cl2O5/c1-10-8-16(25)21(28)22(29-10)17(14-7-6-11(23)9-15(14)24)18-19(26)12-4-2-3-5-13(12)20(18)27/h2-9,17-18,28H,1H3. The number of rotatable bonds is 3. The van der Waals surface area contributed by atoms with Gasteiger partial charge in [0.1, 0.15) is 5.76 Å². The molecule has 7 heteroatoms. The molecular formula is C22H14Cl2O5. The number of ketones is 2. The van der Waals surface area contributed by atoms with Crippen LogP contribution in [0.15, 0.2) is 57.7 Å². The number of carbonyl (C=O) groups excluding carboxylic acids is 2. The van der Waals surface area contributed by atoms with Crippen molar-refractivity contribution >= 4 is 34.8 Å². The van der Waals surface area contributed by atoms with Gasteiger partial charge in [0.15, 0.2) is 17.3 Å². The predicted molar refractivity (Wildman–Crippen MR) is 108 cm³/mol. The van der Waals surface area contributed by atoms with Gasteiger partial charge >= 0.3 is 0 Å². The number of aryl methyl sites for hydroxylation is 1. The van der Waals surface area contributed by atoms with Crippen molar-refractivity contribution in [1.82, 2.24) is 0 Å². The molecule has 0 saturated carbocycles. The lowest BCUT2D eigenvalue weighted by Crippen LogP contribution is -2.26. The van der Waals surface area contributed by atoms with Gasteiger partial charge in [0.2, 0.25) is 11.2 Å². The molecular weight excluding hydrogens is 415 g/mol. The van der Waals surface area contributed by atoms with Gasteiger partial charge in [-0.25, -0.2) is 0 Å². The van der Waals surface area contributed by atoms with Crippen molar-refractivity contribution in [3.8, 4) is 5.75 Å². The van der Waals surface area contributed by atoms with Crippen LogP contribution >= 0.6 is 23.2 Å². The largest absolute Gasteiger partial charge is 0.502 e. The maximum absolute atomic E-state index is 13.2. The molecule has 1 unspecified atom stereocenters. The molecule has 0 spiro atoms. The summed E-state index contributed by atoms with van der Waals surface area (Å²) < 4.78 is 5.65. The monoisotopic (exact) mass is 428 g/mol. The number of halogens is 2. The summed E-state index contributed by atoms with van der Waals surface area (Å²) in [5, 5.41) is 11.0. The highest BCUT2D eigenvalue weighted by atomic mass is 35.5. The zero-order chi connectivity index (χ0) is 20.9. The molecule has 29 heavy (non-hydrogen) atoms. The van der Waals surface area contributed by atoms with E-state index < -0.39 is 34.6 Å². The average molecular weight is 429 g/mol. The third kappa shape index (κ3) is 3.16. The van der Waals surface area contributed by atoms with Crippen LogP contribution < -0.4 is 5.43 Å². The van der Waals surface area contributed by atoms with Gasteiger partial charge in [0, 0.05) is 27.2 Å². The quantitative estimate of drug-likeness (QED) is 0.606. The zero-order valence-corrected chi connectivity index (χ0v) is 16.6. The highest BCUT2D eigenvalue weighted by molar-refractivity contribution is 6.35. The fourth-order valence-electron chi connectivity index (χ4n) is 3.73. The topological polar surface area (TPSA) is 84.6 Å². The lowest BCUT2D eigenvalue weighted by atomic mass is 9.80. The Morgan fingerprint density at radius 1 is 0.966 bits per heavy atom. The molecule has 1 aliphatic carbocycles. The van der Waals surface area contributed by atoms with E-state index in [0.717, 1.165) is 6.07 Å². The fourth-order valence-corrected chi connectivity index (χ4v) is 4.26. The molecule has 0 saturated heterocycles. The van der Waals surface area contributed by atoms with Crippen molar-refractivity contribution in [1.29, 1.82) is 0 Å². The summed E-state index contributed by atoms with van der Waals surface area (Å²) in [6.07, 6.45) is 0. The van der Waals surface area contributed by atoms with Crippen molar-refractivity contribution in [3.63, 3.8) is 0 Å². The molecule has 0 aliphatic heterocycles. The van der Waals surface area contributed by atoms with E-state index in [1.807, 2.05) is 0 Å². The lowest BCUT2D eigenvalue weighted by Gasteiger charge is -2.23. The second-order valence-corrected chi connectivity index (χ2v) is 7.67. The summed E-state index contributed by atoms with van der Waals surface area (Å²) in [6.45, 7) is 1.54. The van der Waals surface area contributed by atoms with E-state index in [1.165, 1.54) is 13.0 Å². The van der Waals surface area contributed by atoms with Crippen LogP contribution in [0.5, 0.6) is 5.75 Å². The summed E-state index contributed by atoms with van der Waals surface area (Å²) in [7, 11) is 0. The van der Waals surface area contributed by atoms with Crippen LogP contribution in [0.2, 0.25) is 10.0 Å². The number of fused-ring (bicyclic) bond motifs is 1. The van der Waals surface area contributed by atoms with Crippen molar-refractivity contribution in [2.24, 2.45) is 5.92 Å². The molecule has 1 N–H and O–H groups in total. The number of benzene rings is 2. The molecule has 2 aromatic carbocycles. The Labute approximate surface area is 175 Å².